The molecule has 146 valence electrons. The van der Waals surface area contributed by atoms with Gasteiger partial charge in [-0.1, -0.05) is 30.3 Å². The lowest BCUT2D eigenvalue weighted by Gasteiger charge is -2.41. The van der Waals surface area contributed by atoms with Gasteiger partial charge in [0.15, 0.2) is 0 Å². The van der Waals surface area contributed by atoms with Crippen molar-refractivity contribution in [2.24, 2.45) is 5.92 Å². The third kappa shape index (κ3) is 3.87. The molecule has 0 aliphatic carbocycles. The number of likely N-dealkylation sites (tertiary alicyclic amines) is 1. The van der Waals surface area contributed by atoms with Gasteiger partial charge in [-0.25, -0.2) is 0 Å². The number of nitrogens with zero attached hydrogens (tertiary/aromatic N) is 1. The number of rotatable bonds is 5. The minimum Gasteiger partial charge on any atom is -0.481 e. The number of nitrogens with one attached hydrogen (secondary N) is 1. The number of carboxylic acid groups (broad SMARTS) is 1. The van der Waals surface area contributed by atoms with Crippen LogP contribution in [-0.2, 0) is 16.1 Å². The summed E-state index contributed by atoms with van der Waals surface area (Å²) in [4.78, 5) is 25.7. The molecule has 2 heterocycles. The largest absolute Gasteiger partial charge is 0.481 e. The third-order valence-electron chi connectivity index (χ3n) is 5.77. The molecule has 2 aromatic carbocycles. The van der Waals surface area contributed by atoms with Crippen molar-refractivity contribution in [1.29, 1.82) is 0 Å². The highest BCUT2D eigenvalue weighted by Gasteiger charge is 2.51. The van der Waals surface area contributed by atoms with Crippen LogP contribution in [0.5, 0.6) is 11.5 Å². The Kier molecular flexibility index (Phi) is 5.05. The van der Waals surface area contributed by atoms with Gasteiger partial charge in [0.2, 0.25) is 5.91 Å². The number of amides is 1. The summed E-state index contributed by atoms with van der Waals surface area (Å²) in [6.07, 6.45) is 1.42. The number of ether oxygens (including phenoxy) is 1. The van der Waals surface area contributed by atoms with Crippen molar-refractivity contribution in [2.75, 3.05) is 13.1 Å². The van der Waals surface area contributed by atoms with Crippen LogP contribution in [0.3, 0.4) is 0 Å². The lowest BCUT2D eigenvalue weighted by molar-refractivity contribution is -0.144. The number of carbonyl (C=O) groups is 2. The summed E-state index contributed by atoms with van der Waals surface area (Å²) in [7, 11) is 0. The van der Waals surface area contributed by atoms with Crippen molar-refractivity contribution >= 4 is 11.9 Å². The maximum atomic E-state index is 11.8. The maximum absolute atomic E-state index is 11.8. The van der Waals surface area contributed by atoms with Gasteiger partial charge in [-0.3, -0.25) is 14.5 Å². The summed E-state index contributed by atoms with van der Waals surface area (Å²) in [5.74, 6) is -0.0450. The molecule has 4 rings (SSSR count). The molecule has 1 amide bonds. The molecule has 0 radical (unpaired) electrons. The summed E-state index contributed by atoms with van der Waals surface area (Å²) in [6.45, 7) is 2.29. The summed E-state index contributed by atoms with van der Waals surface area (Å²) in [5.41, 5.74) is 0.562. The van der Waals surface area contributed by atoms with Gasteiger partial charge in [0, 0.05) is 26.1 Å². The van der Waals surface area contributed by atoms with Crippen LogP contribution in [0.4, 0.5) is 0 Å². The summed E-state index contributed by atoms with van der Waals surface area (Å²) >= 11 is 0. The van der Waals surface area contributed by atoms with Gasteiger partial charge >= 0.3 is 5.97 Å². The van der Waals surface area contributed by atoms with Crippen LogP contribution < -0.4 is 10.1 Å². The van der Waals surface area contributed by atoms with Crippen LogP contribution in [0.25, 0.3) is 0 Å². The van der Waals surface area contributed by atoms with E-state index in [0.717, 1.165) is 36.7 Å². The minimum atomic E-state index is -0.877. The second kappa shape index (κ2) is 7.64. The number of hydrogen-bond acceptors (Lipinski definition) is 4. The average molecular weight is 380 g/mol. The Morgan fingerprint density at radius 3 is 2.54 bits per heavy atom. The Bertz CT molecular complexity index is 860. The normalized spacial score (nSPS) is 21.4. The molecule has 0 bridgehead atoms. The monoisotopic (exact) mass is 380 g/mol. The predicted octanol–water partition coefficient (Wildman–Crippen LogP) is 3.03. The number of benzene rings is 2. The molecule has 1 atom stereocenters. The molecule has 2 aliphatic heterocycles. The van der Waals surface area contributed by atoms with E-state index in [2.05, 4.69) is 16.3 Å². The van der Waals surface area contributed by atoms with Crippen molar-refractivity contribution in [3.63, 3.8) is 0 Å². The summed E-state index contributed by atoms with van der Waals surface area (Å²) in [5, 5.41) is 12.4. The van der Waals surface area contributed by atoms with E-state index >= 15 is 0 Å². The Hall–Kier alpha value is -2.86. The molecule has 1 spiro atoms. The van der Waals surface area contributed by atoms with E-state index in [9.17, 15) is 14.7 Å². The van der Waals surface area contributed by atoms with E-state index in [-0.39, 0.29) is 12.3 Å². The third-order valence-corrected chi connectivity index (χ3v) is 5.77. The molecule has 28 heavy (non-hydrogen) atoms. The molecular formula is C22H24N2O4. The Morgan fingerprint density at radius 1 is 1.11 bits per heavy atom. The second-order valence-corrected chi connectivity index (χ2v) is 7.64. The van der Waals surface area contributed by atoms with Crippen LogP contribution in [0.2, 0.25) is 0 Å². The predicted molar refractivity (Wildman–Crippen MR) is 104 cm³/mol. The SMILES string of the molecule is O=C1CC(C(=O)O)C2(CCN(Cc3cccc(Oc4ccccc4)c3)CC2)N1. The quantitative estimate of drug-likeness (QED) is 0.834. The zero-order valence-electron chi connectivity index (χ0n) is 15.6. The van der Waals surface area contributed by atoms with Gasteiger partial charge in [-0.15, -0.1) is 0 Å². The molecule has 2 saturated heterocycles. The average Bonchev–Trinajstić information content (AvgIpc) is 3.01. The van der Waals surface area contributed by atoms with Gasteiger partial charge in [-0.05, 0) is 42.7 Å². The number of para-hydroxylation sites is 1. The van der Waals surface area contributed by atoms with E-state index in [1.54, 1.807) is 0 Å². The standard InChI is InChI=1S/C22H24N2O4/c25-20-14-19(21(26)27)22(23-20)9-11-24(12-10-22)15-16-5-4-8-18(13-16)28-17-6-2-1-3-7-17/h1-8,13,19H,9-12,14-15H2,(H,23,25)(H,26,27). The van der Waals surface area contributed by atoms with Gasteiger partial charge in [0.05, 0.1) is 11.5 Å². The van der Waals surface area contributed by atoms with E-state index in [1.807, 2.05) is 48.5 Å². The maximum Gasteiger partial charge on any atom is 0.309 e. The van der Waals surface area contributed by atoms with E-state index in [0.29, 0.717) is 12.8 Å². The van der Waals surface area contributed by atoms with Gasteiger partial charge < -0.3 is 15.2 Å². The zero-order chi connectivity index (χ0) is 19.6. The highest BCUT2D eigenvalue weighted by molar-refractivity contribution is 5.88. The van der Waals surface area contributed by atoms with Crippen molar-refractivity contribution in [3.8, 4) is 11.5 Å². The first kappa shape index (κ1) is 18.5. The fraction of sp³-hybridized carbons (Fsp3) is 0.364. The first-order valence-electron chi connectivity index (χ1n) is 9.62. The summed E-state index contributed by atoms with van der Waals surface area (Å²) < 4.78 is 5.91. The van der Waals surface area contributed by atoms with Crippen molar-refractivity contribution in [2.45, 2.75) is 31.3 Å². The second-order valence-electron chi connectivity index (χ2n) is 7.64. The summed E-state index contributed by atoms with van der Waals surface area (Å²) in [6, 6.07) is 17.7. The lowest BCUT2D eigenvalue weighted by Crippen LogP contribution is -2.55. The van der Waals surface area contributed by atoms with Crippen molar-refractivity contribution < 1.29 is 19.4 Å². The minimum absolute atomic E-state index is 0.0915. The fourth-order valence-electron chi connectivity index (χ4n) is 4.29. The number of carboxylic acids is 1. The highest BCUT2D eigenvalue weighted by atomic mass is 16.5. The zero-order valence-corrected chi connectivity index (χ0v) is 15.6. The van der Waals surface area contributed by atoms with Crippen molar-refractivity contribution in [3.05, 3.63) is 60.2 Å². The molecule has 6 nitrogen and oxygen atoms in total. The first-order chi connectivity index (χ1) is 13.5. The van der Waals surface area contributed by atoms with E-state index < -0.39 is 17.4 Å². The van der Waals surface area contributed by atoms with E-state index in [1.165, 1.54) is 0 Å². The van der Waals surface area contributed by atoms with Gasteiger partial charge in [0.25, 0.3) is 0 Å². The molecule has 0 aromatic heterocycles. The van der Waals surface area contributed by atoms with Crippen LogP contribution in [0.15, 0.2) is 54.6 Å². The Morgan fingerprint density at radius 2 is 1.82 bits per heavy atom. The van der Waals surface area contributed by atoms with Crippen LogP contribution >= 0.6 is 0 Å². The smallest absolute Gasteiger partial charge is 0.309 e. The lowest BCUT2D eigenvalue weighted by atomic mass is 9.77. The fourth-order valence-corrected chi connectivity index (χ4v) is 4.29. The topological polar surface area (TPSA) is 78.9 Å². The van der Waals surface area contributed by atoms with Crippen LogP contribution in [-0.4, -0.2) is 40.5 Å². The molecule has 2 aromatic rings. The van der Waals surface area contributed by atoms with Crippen molar-refractivity contribution in [1.82, 2.24) is 10.2 Å². The Balaban J connectivity index is 1.38. The van der Waals surface area contributed by atoms with Gasteiger partial charge in [0.1, 0.15) is 11.5 Å². The Labute approximate surface area is 164 Å². The van der Waals surface area contributed by atoms with Gasteiger partial charge in [-0.2, -0.15) is 0 Å². The van der Waals surface area contributed by atoms with Crippen LogP contribution in [0, 0.1) is 5.92 Å². The molecule has 2 aliphatic rings. The van der Waals surface area contributed by atoms with E-state index in [4.69, 9.17) is 4.74 Å². The molecular weight excluding hydrogens is 356 g/mol. The number of carbonyl (C=O) groups excluding carboxylic acids is 1. The molecule has 1 unspecified atom stereocenters. The first-order valence-corrected chi connectivity index (χ1v) is 9.62. The highest BCUT2D eigenvalue weighted by Crippen LogP contribution is 2.37. The number of aliphatic carboxylic acids is 1. The number of piperidine rings is 1. The molecule has 2 fully saturated rings. The molecule has 0 saturated carbocycles. The molecule has 2 N–H and O–H groups in total. The number of hydrogen-bond donors (Lipinski definition) is 2. The van der Waals surface area contributed by atoms with Crippen LogP contribution in [0.1, 0.15) is 24.8 Å². The molecule has 6 heteroatoms.